The lowest BCUT2D eigenvalue weighted by molar-refractivity contribution is 0.337. The van der Waals surface area contributed by atoms with E-state index in [0.717, 1.165) is 24.3 Å². The van der Waals surface area contributed by atoms with Gasteiger partial charge >= 0.3 is 0 Å². The number of nitrogens with two attached hydrogens (primary N) is 1. The highest BCUT2D eigenvalue weighted by Crippen LogP contribution is 2.40. The number of nitrogens with zero attached hydrogens (tertiary/aromatic N) is 1. The standard InChI is InChI=1S/C9H18N2/c1-11-5-8-3-2-7(4-10)9(8)6-11/h7-9H,2-6,10H2,1H3/t7-,8+,9+/m0/s1. The van der Waals surface area contributed by atoms with Gasteiger partial charge in [-0.25, -0.2) is 0 Å². The van der Waals surface area contributed by atoms with E-state index in [2.05, 4.69) is 11.9 Å². The second-order valence-electron chi connectivity index (χ2n) is 4.22. The van der Waals surface area contributed by atoms with E-state index in [0.29, 0.717) is 0 Å². The molecule has 3 atom stereocenters. The lowest BCUT2D eigenvalue weighted by atomic mass is 9.93. The van der Waals surface area contributed by atoms with Crippen LogP contribution in [-0.4, -0.2) is 31.6 Å². The number of hydrogen-bond donors (Lipinski definition) is 1. The Kier molecular flexibility index (Phi) is 1.90. The average molecular weight is 154 g/mol. The molecule has 1 heterocycles. The molecule has 1 saturated carbocycles. The van der Waals surface area contributed by atoms with Gasteiger partial charge < -0.3 is 10.6 Å². The Morgan fingerprint density at radius 1 is 1.36 bits per heavy atom. The Morgan fingerprint density at radius 3 is 2.91 bits per heavy atom. The lowest BCUT2D eigenvalue weighted by Crippen LogP contribution is -2.23. The number of hydrogen-bond acceptors (Lipinski definition) is 2. The van der Waals surface area contributed by atoms with E-state index in [1.54, 1.807) is 0 Å². The van der Waals surface area contributed by atoms with E-state index in [9.17, 15) is 0 Å². The third kappa shape index (κ3) is 1.18. The van der Waals surface area contributed by atoms with Gasteiger partial charge in [0.1, 0.15) is 0 Å². The minimum Gasteiger partial charge on any atom is -0.330 e. The molecule has 0 radical (unpaired) electrons. The van der Waals surface area contributed by atoms with Crippen LogP contribution in [0, 0.1) is 17.8 Å². The predicted octanol–water partition coefficient (Wildman–Crippen LogP) is 0.533. The van der Waals surface area contributed by atoms with Crippen molar-refractivity contribution in [2.24, 2.45) is 23.5 Å². The van der Waals surface area contributed by atoms with Crippen molar-refractivity contribution in [3.8, 4) is 0 Å². The van der Waals surface area contributed by atoms with Crippen LogP contribution in [0.2, 0.25) is 0 Å². The molecular weight excluding hydrogens is 136 g/mol. The van der Waals surface area contributed by atoms with Crippen LogP contribution in [0.5, 0.6) is 0 Å². The van der Waals surface area contributed by atoms with E-state index in [1.807, 2.05) is 0 Å². The Bertz CT molecular complexity index is 144. The van der Waals surface area contributed by atoms with E-state index >= 15 is 0 Å². The maximum Gasteiger partial charge on any atom is 0.00130 e. The van der Waals surface area contributed by atoms with E-state index in [-0.39, 0.29) is 0 Å². The van der Waals surface area contributed by atoms with E-state index in [4.69, 9.17) is 5.73 Å². The van der Waals surface area contributed by atoms with Crippen LogP contribution in [0.1, 0.15) is 12.8 Å². The fraction of sp³-hybridized carbons (Fsp3) is 1.00. The molecule has 11 heavy (non-hydrogen) atoms. The Morgan fingerprint density at radius 2 is 2.18 bits per heavy atom. The van der Waals surface area contributed by atoms with Gasteiger partial charge in [-0.2, -0.15) is 0 Å². The highest BCUT2D eigenvalue weighted by molar-refractivity contribution is 4.92. The van der Waals surface area contributed by atoms with Crippen LogP contribution in [0.3, 0.4) is 0 Å². The van der Waals surface area contributed by atoms with Crippen molar-refractivity contribution in [3.63, 3.8) is 0 Å². The fourth-order valence-corrected chi connectivity index (χ4v) is 2.89. The van der Waals surface area contributed by atoms with Crippen molar-refractivity contribution in [1.29, 1.82) is 0 Å². The zero-order valence-electron chi connectivity index (χ0n) is 7.29. The molecule has 2 rings (SSSR count). The second kappa shape index (κ2) is 2.76. The molecular formula is C9H18N2. The summed E-state index contributed by atoms with van der Waals surface area (Å²) in [6.45, 7) is 3.53. The largest absolute Gasteiger partial charge is 0.330 e. The third-order valence-electron chi connectivity index (χ3n) is 3.49. The maximum atomic E-state index is 5.72. The minimum atomic E-state index is 0.838. The van der Waals surface area contributed by atoms with Gasteiger partial charge in [0, 0.05) is 13.1 Å². The molecule has 64 valence electrons. The van der Waals surface area contributed by atoms with Crippen LogP contribution >= 0.6 is 0 Å². The van der Waals surface area contributed by atoms with Gasteiger partial charge in [-0.1, -0.05) is 0 Å². The number of fused-ring (bicyclic) bond motifs is 1. The molecule has 0 spiro atoms. The monoisotopic (exact) mass is 154 g/mol. The second-order valence-corrected chi connectivity index (χ2v) is 4.22. The summed E-state index contributed by atoms with van der Waals surface area (Å²) in [7, 11) is 2.23. The quantitative estimate of drug-likeness (QED) is 0.597. The van der Waals surface area contributed by atoms with Gasteiger partial charge in [0.15, 0.2) is 0 Å². The van der Waals surface area contributed by atoms with Crippen molar-refractivity contribution in [2.75, 3.05) is 26.7 Å². The van der Waals surface area contributed by atoms with Crippen LogP contribution in [0.25, 0.3) is 0 Å². The highest BCUT2D eigenvalue weighted by atomic mass is 15.1. The van der Waals surface area contributed by atoms with E-state index < -0.39 is 0 Å². The third-order valence-corrected chi connectivity index (χ3v) is 3.49. The van der Waals surface area contributed by atoms with Gasteiger partial charge in [0.25, 0.3) is 0 Å². The summed E-state index contributed by atoms with van der Waals surface area (Å²) >= 11 is 0. The summed E-state index contributed by atoms with van der Waals surface area (Å²) in [6, 6.07) is 0. The lowest BCUT2D eigenvalue weighted by Gasteiger charge is -2.16. The Balaban J connectivity index is 2.01. The smallest absolute Gasteiger partial charge is 0.00130 e. The number of rotatable bonds is 1. The molecule has 1 aliphatic carbocycles. The molecule has 2 heteroatoms. The summed E-state index contributed by atoms with van der Waals surface area (Å²) in [5.41, 5.74) is 5.72. The van der Waals surface area contributed by atoms with Crippen molar-refractivity contribution in [3.05, 3.63) is 0 Å². The van der Waals surface area contributed by atoms with Crippen molar-refractivity contribution in [2.45, 2.75) is 12.8 Å². The van der Waals surface area contributed by atoms with Crippen LogP contribution in [0.4, 0.5) is 0 Å². The summed E-state index contributed by atoms with van der Waals surface area (Å²) in [4.78, 5) is 2.46. The molecule has 0 aromatic carbocycles. The SMILES string of the molecule is CN1C[C@H]2CC[C@@H](CN)[C@H]2C1. The van der Waals surface area contributed by atoms with Gasteiger partial charge in [-0.05, 0) is 44.2 Å². The van der Waals surface area contributed by atoms with Crippen LogP contribution < -0.4 is 5.73 Å². The van der Waals surface area contributed by atoms with Crippen molar-refractivity contribution >= 4 is 0 Å². The summed E-state index contributed by atoms with van der Waals surface area (Å²) < 4.78 is 0. The maximum absolute atomic E-state index is 5.72. The first-order chi connectivity index (χ1) is 5.31. The summed E-state index contributed by atoms with van der Waals surface area (Å²) in [5, 5.41) is 0. The Hall–Kier alpha value is -0.0800. The van der Waals surface area contributed by atoms with Crippen LogP contribution in [-0.2, 0) is 0 Å². The molecule has 1 saturated heterocycles. The molecule has 0 amide bonds. The molecule has 0 aromatic heterocycles. The highest BCUT2D eigenvalue weighted by Gasteiger charge is 2.40. The van der Waals surface area contributed by atoms with Gasteiger partial charge in [-0.3, -0.25) is 0 Å². The normalized spacial score (nSPS) is 44.7. The first-order valence-corrected chi connectivity index (χ1v) is 4.70. The molecule has 2 nitrogen and oxygen atoms in total. The van der Waals surface area contributed by atoms with Crippen LogP contribution in [0.15, 0.2) is 0 Å². The first kappa shape index (κ1) is 7.56. The summed E-state index contributed by atoms with van der Waals surface area (Å²) in [5.74, 6) is 2.75. The molecule has 2 fully saturated rings. The van der Waals surface area contributed by atoms with Gasteiger partial charge in [0.2, 0.25) is 0 Å². The first-order valence-electron chi connectivity index (χ1n) is 4.70. The molecule has 1 aliphatic heterocycles. The zero-order valence-corrected chi connectivity index (χ0v) is 7.29. The predicted molar refractivity (Wildman–Crippen MR) is 46.3 cm³/mol. The van der Waals surface area contributed by atoms with Gasteiger partial charge in [-0.15, -0.1) is 0 Å². The number of likely N-dealkylation sites (tertiary alicyclic amines) is 1. The van der Waals surface area contributed by atoms with Crippen molar-refractivity contribution in [1.82, 2.24) is 4.90 Å². The van der Waals surface area contributed by atoms with Gasteiger partial charge in [0.05, 0.1) is 0 Å². The van der Waals surface area contributed by atoms with E-state index in [1.165, 1.54) is 25.9 Å². The zero-order chi connectivity index (χ0) is 7.84. The molecule has 0 unspecified atom stereocenters. The average Bonchev–Trinajstić information content (AvgIpc) is 2.45. The minimum absolute atomic E-state index is 0.838. The topological polar surface area (TPSA) is 29.3 Å². The Labute approximate surface area is 68.7 Å². The summed E-state index contributed by atoms with van der Waals surface area (Å²) in [6.07, 6.45) is 2.82. The molecule has 0 aromatic rings. The molecule has 2 N–H and O–H groups in total. The molecule has 0 bridgehead atoms. The fourth-order valence-electron chi connectivity index (χ4n) is 2.89. The van der Waals surface area contributed by atoms with Crippen molar-refractivity contribution < 1.29 is 0 Å². The molecule has 2 aliphatic rings.